The number of aromatic nitrogens is 2. The molecule has 0 spiro atoms. The molecule has 0 saturated heterocycles. The molecule has 0 saturated carbocycles. The Labute approximate surface area is 123 Å². The highest BCUT2D eigenvalue weighted by Gasteiger charge is 2.09. The molecule has 0 unspecified atom stereocenters. The fourth-order valence-electron chi connectivity index (χ4n) is 1.65. The van der Waals surface area contributed by atoms with E-state index in [0.717, 1.165) is 17.0 Å². The van der Waals surface area contributed by atoms with Crippen LogP contribution in [0.25, 0.3) is 0 Å². The zero-order valence-corrected chi connectivity index (χ0v) is 12.0. The third-order valence-corrected chi connectivity index (χ3v) is 3.69. The van der Waals surface area contributed by atoms with E-state index in [0.29, 0.717) is 5.56 Å². The molecule has 0 atom stereocenters. The summed E-state index contributed by atoms with van der Waals surface area (Å²) in [5.74, 6) is -1.39. The van der Waals surface area contributed by atoms with Crippen LogP contribution < -0.4 is 10.2 Å². The lowest BCUT2D eigenvalue weighted by Crippen LogP contribution is -2.30. The second-order valence-electron chi connectivity index (χ2n) is 4.36. The zero-order valence-electron chi connectivity index (χ0n) is 11.2. The third-order valence-electron chi connectivity index (χ3n) is 2.81. The summed E-state index contributed by atoms with van der Waals surface area (Å²) < 4.78 is 1.39. The molecule has 0 aliphatic carbocycles. The lowest BCUT2D eigenvalue weighted by molar-refractivity contribution is -0.121. The number of pyridine rings is 1. The van der Waals surface area contributed by atoms with Crippen molar-refractivity contribution in [3.63, 3.8) is 0 Å². The number of nitrogens with zero attached hydrogens (tertiary/aromatic N) is 2. The van der Waals surface area contributed by atoms with Crippen LogP contribution in [-0.2, 0) is 17.9 Å². The standard InChI is InChI=1S/C13H13N3O4S/c1-8-7-21-13(20)16(8)6-11(17)15-5-9-2-3-10(12(18)19)14-4-9/h2-4,7H,5-6H2,1H3,(H,15,17)(H,18,19). The molecule has 0 aliphatic heterocycles. The highest BCUT2D eigenvalue weighted by atomic mass is 32.1. The van der Waals surface area contributed by atoms with Gasteiger partial charge in [-0.3, -0.25) is 14.2 Å². The van der Waals surface area contributed by atoms with Gasteiger partial charge in [0.15, 0.2) is 0 Å². The lowest BCUT2D eigenvalue weighted by atomic mass is 10.2. The summed E-state index contributed by atoms with van der Waals surface area (Å²) in [4.78, 5) is 37.5. The van der Waals surface area contributed by atoms with E-state index in [2.05, 4.69) is 10.3 Å². The Morgan fingerprint density at radius 1 is 1.43 bits per heavy atom. The van der Waals surface area contributed by atoms with E-state index in [1.165, 1.54) is 16.8 Å². The minimum Gasteiger partial charge on any atom is -0.477 e. The Kier molecular flexibility index (Phi) is 4.49. The van der Waals surface area contributed by atoms with Crippen molar-refractivity contribution in [3.05, 3.63) is 50.3 Å². The first-order valence-corrected chi connectivity index (χ1v) is 6.95. The minimum absolute atomic E-state index is 0.0329. The molecule has 2 aromatic heterocycles. The number of aromatic carboxylic acids is 1. The number of carboxylic acids is 1. The number of carboxylic acid groups (broad SMARTS) is 1. The number of carbonyl (C=O) groups excluding carboxylic acids is 1. The van der Waals surface area contributed by atoms with E-state index >= 15 is 0 Å². The molecule has 0 bridgehead atoms. The van der Waals surface area contributed by atoms with Gasteiger partial charge < -0.3 is 10.4 Å². The summed E-state index contributed by atoms with van der Waals surface area (Å²) in [5, 5.41) is 13.1. The fraction of sp³-hybridized carbons (Fsp3) is 0.231. The van der Waals surface area contributed by atoms with E-state index < -0.39 is 5.97 Å². The minimum atomic E-state index is -1.10. The molecule has 7 nitrogen and oxygen atoms in total. The second-order valence-corrected chi connectivity index (χ2v) is 5.18. The summed E-state index contributed by atoms with van der Waals surface area (Å²) in [5.41, 5.74) is 1.38. The summed E-state index contributed by atoms with van der Waals surface area (Å²) in [6.07, 6.45) is 1.39. The third kappa shape index (κ3) is 3.76. The van der Waals surface area contributed by atoms with Crippen molar-refractivity contribution < 1.29 is 14.7 Å². The molecule has 0 aromatic carbocycles. The summed E-state index contributed by atoms with van der Waals surface area (Å²) in [6.45, 7) is 1.96. The lowest BCUT2D eigenvalue weighted by Gasteiger charge is -2.07. The first kappa shape index (κ1) is 14.9. The number of hydrogen-bond acceptors (Lipinski definition) is 5. The number of carbonyl (C=O) groups is 2. The largest absolute Gasteiger partial charge is 0.477 e. The van der Waals surface area contributed by atoms with Gasteiger partial charge in [0.05, 0.1) is 0 Å². The van der Waals surface area contributed by atoms with Gasteiger partial charge in [-0.15, -0.1) is 0 Å². The van der Waals surface area contributed by atoms with Crippen LogP contribution in [0.2, 0.25) is 0 Å². The molecule has 1 amide bonds. The Hall–Kier alpha value is -2.48. The molecule has 2 heterocycles. The maximum atomic E-state index is 11.8. The Balaban J connectivity index is 1.92. The first-order valence-electron chi connectivity index (χ1n) is 6.07. The molecule has 110 valence electrons. The molecule has 2 aromatic rings. The smallest absolute Gasteiger partial charge is 0.354 e. The van der Waals surface area contributed by atoms with Gasteiger partial charge in [-0.05, 0) is 18.6 Å². The van der Waals surface area contributed by atoms with Crippen LogP contribution >= 0.6 is 11.3 Å². The van der Waals surface area contributed by atoms with Gasteiger partial charge >= 0.3 is 10.8 Å². The Morgan fingerprint density at radius 2 is 2.19 bits per heavy atom. The SMILES string of the molecule is Cc1csc(=O)n1CC(=O)NCc1ccc(C(=O)O)nc1. The number of thiazole rings is 1. The summed E-state index contributed by atoms with van der Waals surface area (Å²) >= 11 is 1.05. The van der Waals surface area contributed by atoms with Crippen LogP contribution in [0.1, 0.15) is 21.7 Å². The van der Waals surface area contributed by atoms with Crippen molar-refractivity contribution in [1.82, 2.24) is 14.9 Å². The number of nitrogens with one attached hydrogen (secondary N) is 1. The van der Waals surface area contributed by atoms with Crippen molar-refractivity contribution in [1.29, 1.82) is 0 Å². The summed E-state index contributed by atoms with van der Waals surface area (Å²) in [7, 11) is 0. The molecule has 0 radical (unpaired) electrons. The first-order chi connectivity index (χ1) is 9.97. The van der Waals surface area contributed by atoms with Gasteiger partial charge in [0.1, 0.15) is 12.2 Å². The van der Waals surface area contributed by atoms with Crippen molar-refractivity contribution in [2.75, 3.05) is 0 Å². The van der Waals surface area contributed by atoms with Crippen molar-refractivity contribution >= 4 is 23.2 Å². The van der Waals surface area contributed by atoms with Gasteiger partial charge in [0.2, 0.25) is 5.91 Å². The Morgan fingerprint density at radius 3 is 2.71 bits per heavy atom. The van der Waals surface area contributed by atoms with E-state index in [1.54, 1.807) is 18.4 Å². The van der Waals surface area contributed by atoms with Gasteiger partial charge in [-0.1, -0.05) is 17.4 Å². The van der Waals surface area contributed by atoms with Crippen LogP contribution in [0.4, 0.5) is 0 Å². The van der Waals surface area contributed by atoms with E-state index in [-0.39, 0.29) is 29.6 Å². The topological polar surface area (TPSA) is 101 Å². The maximum Gasteiger partial charge on any atom is 0.354 e. The van der Waals surface area contributed by atoms with Crippen LogP contribution in [0.15, 0.2) is 28.5 Å². The second kappa shape index (κ2) is 6.31. The quantitative estimate of drug-likeness (QED) is 0.843. The molecule has 0 fully saturated rings. The van der Waals surface area contributed by atoms with Crippen molar-refractivity contribution in [3.8, 4) is 0 Å². The molecule has 2 N–H and O–H groups in total. The molecular formula is C13H13N3O4S. The molecule has 8 heteroatoms. The molecule has 2 rings (SSSR count). The van der Waals surface area contributed by atoms with Gasteiger partial charge in [0.25, 0.3) is 0 Å². The zero-order chi connectivity index (χ0) is 15.4. The van der Waals surface area contributed by atoms with Crippen LogP contribution in [0.3, 0.4) is 0 Å². The predicted molar refractivity (Wildman–Crippen MR) is 76.4 cm³/mol. The normalized spacial score (nSPS) is 10.3. The maximum absolute atomic E-state index is 11.8. The number of aryl methyl sites for hydroxylation is 1. The average Bonchev–Trinajstić information content (AvgIpc) is 2.77. The average molecular weight is 307 g/mol. The van der Waals surface area contributed by atoms with E-state index in [4.69, 9.17) is 5.11 Å². The molecular weight excluding hydrogens is 294 g/mol. The number of rotatable bonds is 5. The van der Waals surface area contributed by atoms with E-state index in [9.17, 15) is 14.4 Å². The molecule has 0 aliphatic rings. The monoisotopic (exact) mass is 307 g/mol. The highest BCUT2D eigenvalue weighted by molar-refractivity contribution is 7.07. The number of amides is 1. The van der Waals surface area contributed by atoms with Crippen molar-refractivity contribution in [2.45, 2.75) is 20.0 Å². The van der Waals surface area contributed by atoms with Gasteiger partial charge in [-0.2, -0.15) is 0 Å². The van der Waals surface area contributed by atoms with Crippen molar-refractivity contribution in [2.24, 2.45) is 0 Å². The highest BCUT2D eigenvalue weighted by Crippen LogP contribution is 2.01. The summed E-state index contributed by atoms with van der Waals surface area (Å²) in [6, 6.07) is 2.95. The van der Waals surface area contributed by atoms with Crippen LogP contribution in [-0.4, -0.2) is 26.5 Å². The predicted octanol–water partition coefficient (Wildman–Crippen LogP) is 0.628. The van der Waals surface area contributed by atoms with Gasteiger partial charge in [-0.25, -0.2) is 9.78 Å². The van der Waals surface area contributed by atoms with E-state index in [1.807, 2.05) is 0 Å². The fourth-order valence-corrected chi connectivity index (χ4v) is 2.39. The number of hydrogen-bond donors (Lipinski definition) is 2. The molecule has 21 heavy (non-hydrogen) atoms. The van der Waals surface area contributed by atoms with Crippen LogP contribution in [0, 0.1) is 6.92 Å². The van der Waals surface area contributed by atoms with Gasteiger partial charge in [0, 0.05) is 23.8 Å². The Bertz CT molecular complexity index is 718. The van der Waals surface area contributed by atoms with Crippen LogP contribution in [0.5, 0.6) is 0 Å².